The van der Waals surface area contributed by atoms with Gasteiger partial charge in [-0.25, -0.2) is 9.99 Å². The largest absolute Gasteiger partial charge is 0.323 e. The van der Waals surface area contributed by atoms with Gasteiger partial charge in [0.2, 0.25) is 5.95 Å². The molecule has 3 rings (SSSR count). The molecule has 0 radical (unpaired) electrons. The highest BCUT2D eigenvalue weighted by atomic mass is 15.5. The van der Waals surface area contributed by atoms with Crippen LogP contribution < -0.4 is 5.43 Å². The van der Waals surface area contributed by atoms with Gasteiger partial charge in [0.15, 0.2) is 0 Å². The summed E-state index contributed by atoms with van der Waals surface area (Å²) >= 11 is 0. The minimum atomic E-state index is 0.845. The van der Waals surface area contributed by atoms with Crippen molar-refractivity contribution >= 4 is 17.0 Å². The molecule has 1 aromatic heterocycles. The Hall–Kier alpha value is -1.55. The van der Waals surface area contributed by atoms with Crippen molar-refractivity contribution < 1.29 is 0 Å². The molecule has 0 spiro atoms. The molecule has 0 bridgehead atoms. The van der Waals surface area contributed by atoms with Gasteiger partial charge < -0.3 is 4.98 Å². The molecular weight excluding hydrogens is 188 g/mol. The summed E-state index contributed by atoms with van der Waals surface area (Å²) in [5.41, 5.74) is 5.39. The van der Waals surface area contributed by atoms with Crippen molar-refractivity contribution in [2.24, 2.45) is 0 Å². The van der Waals surface area contributed by atoms with Crippen LogP contribution in [-0.2, 0) is 0 Å². The summed E-state index contributed by atoms with van der Waals surface area (Å²) in [7, 11) is 0. The second-order valence-electron chi connectivity index (χ2n) is 3.91. The molecule has 78 valence electrons. The topological polar surface area (TPSA) is 44.0 Å². The number of imidazole rings is 1. The van der Waals surface area contributed by atoms with Crippen LogP contribution in [0.3, 0.4) is 0 Å². The van der Waals surface area contributed by atoms with Gasteiger partial charge in [-0.1, -0.05) is 12.1 Å². The maximum absolute atomic E-state index is 4.47. The molecule has 2 N–H and O–H groups in total. The first-order valence-corrected chi connectivity index (χ1v) is 5.38. The first kappa shape index (κ1) is 8.73. The maximum Gasteiger partial charge on any atom is 0.216 e. The van der Waals surface area contributed by atoms with E-state index in [9.17, 15) is 0 Å². The minimum Gasteiger partial charge on any atom is -0.323 e. The number of para-hydroxylation sites is 2. The summed E-state index contributed by atoms with van der Waals surface area (Å²) in [6.45, 7) is 2.22. The van der Waals surface area contributed by atoms with Crippen molar-refractivity contribution in [3.05, 3.63) is 24.3 Å². The zero-order valence-corrected chi connectivity index (χ0v) is 8.53. The third kappa shape index (κ3) is 1.68. The maximum atomic E-state index is 4.47. The predicted octanol–water partition coefficient (Wildman–Crippen LogP) is 1.99. The van der Waals surface area contributed by atoms with E-state index in [1.54, 1.807) is 0 Å². The number of aromatic nitrogens is 2. The van der Waals surface area contributed by atoms with Crippen LogP contribution in [0.15, 0.2) is 24.3 Å². The summed E-state index contributed by atoms with van der Waals surface area (Å²) in [5, 5.41) is 2.21. The predicted molar refractivity (Wildman–Crippen MR) is 60.5 cm³/mol. The normalized spacial score (nSPS) is 17.3. The Morgan fingerprint density at radius 3 is 2.80 bits per heavy atom. The molecule has 2 aromatic rings. The molecule has 0 aliphatic carbocycles. The third-order valence-corrected chi connectivity index (χ3v) is 2.76. The summed E-state index contributed by atoms with van der Waals surface area (Å²) in [6, 6.07) is 8.07. The summed E-state index contributed by atoms with van der Waals surface area (Å²) in [6.07, 6.45) is 2.54. The van der Waals surface area contributed by atoms with Gasteiger partial charge in [-0.05, 0) is 25.0 Å². The fraction of sp³-hybridized carbons (Fsp3) is 0.364. The summed E-state index contributed by atoms with van der Waals surface area (Å²) < 4.78 is 0. The molecule has 1 aromatic carbocycles. The van der Waals surface area contributed by atoms with Crippen molar-refractivity contribution in [3.8, 4) is 0 Å². The molecule has 1 aliphatic rings. The van der Waals surface area contributed by atoms with Crippen LogP contribution in [0.4, 0.5) is 5.95 Å². The number of anilines is 1. The Morgan fingerprint density at radius 2 is 2.00 bits per heavy atom. The van der Waals surface area contributed by atoms with E-state index in [2.05, 4.69) is 20.4 Å². The van der Waals surface area contributed by atoms with Gasteiger partial charge in [0.25, 0.3) is 0 Å². The minimum absolute atomic E-state index is 0.845. The molecule has 0 atom stereocenters. The van der Waals surface area contributed by atoms with E-state index in [0.717, 1.165) is 30.1 Å². The van der Waals surface area contributed by atoms with Crippen LogP contribution in [0.5, 0.6) is 0 Å². The number of H-pyrrole nitrogens is 1. The number of fused-ring (bicyclic) bond motifs is 1. The van der Waals surface area contributed by atoms with Gasteiger partial charge in [0.05, 0.1) is 11.0 Å². The van der Waals surface area contributed by atoms with E-state index in [1.807, 2.05) is 24.3 Å². The number of nitrogens with one attached hydrogen (secondary N) is 2. The molecule has 0 amide bonds. The molecule has 1 fully saturated rings. The molecular formula is C11H14N4. The van der Waals surface area contributed by atoms with Gasteiger partial charge in [0.1, 0.15) is 0 Å². The lowest BCUT2D eigenvalue weighted by Gasteiger charge is -2.14. The first-order chi connectivity index (χ1) is 7.42. The van der Waals surface area contributed by atoms with Gasteiger partial charge >= 0.3 is 0 Å². The lowest BCUT2D eigenvalue weighted by molar-refractivity contribution is 0.406. The van der Waals surface area contributed by atoms with E-state index < -0.39 is 0 Å². The number of aromatic amines is 1. The van der Waals surface area contributed by atoms with Crippen LogP contribution in [-0.4, -0.2) is 28.1 Å². The zero-order valence-electron chi connectivity index (χ0n) is 8.53. The number of benzene rings is 1. The highest BCUT2D eigenvalue weighted by molar-refractivity contribution is 5.77. The highest BCUT2D eigenvalue weighted by Crippen LogP contribution is 2.15. The number of hydrazine groups is 1. The second-order valence-corrected chi connectivity index (χ2v) is 3.91. The molecule has 1 aliphatic heterocycles. The van der Waals surface area contributed by atoms with E-state index in [-0.39, 0.29) is 0 Å². The lowest BCUT2D eigenvalue weighted by Crippen LogP contribution is -2.26. The molecule has 0 unspecified atom stereocenters. The number of rotatable bonds is 2. The van der Waals surface area contributed by atoms with Crippen LogP contribution in [0.2, 0.25) is 0 Å². The van der Waals surface area contributed by atoms with E-state index in [1.165, 1.54) is 12.8 Å². The van der Waals surface area contributed by atoms with Crippen molar-refractivity contribution in [3.63, 3.8) is 0 Å². The first-order valence-electron chi connectivity index (χ1n) is 5.38. The molecule has 15 heavy (non-hydrogen) atoms. The second kappa shape index (κ2) is 3.55. The fourth-order valence-corrected chi connectivity index (χ4v) is 1.98. The van der Waals surface area contributed by atoms with Gasteiger partial charge in [-0.3, -0.25) is 5.43 Å². The number of nitrogens with zero attached hydrogens (tertiary/aromatic N) is 2. The summed E-state index contributed by atoms with van der Waals surface area (Å²) in [4.78, 5) is 7.73. The van der Waals surface area contributed by atoms with Gasteiger partial charge in [0, 0.05) is 13.1 Å². The Bertz CT molecular complexity index is 423. The quantitative estimate of drug-likeness (QED) is 0.782. The Balaban J connectivity index is 1.84. The molecule has 0 saturated carbocycles. The van der Waals surface area contributed by atoms with E-state index >= 15 is 0 Å². The van der Waals surface area contributed by atoms with Crippen molar-refractivity contribution in [2.75, 3.05) is 18.5 Å². The van der Waals surface area contributed by atoms with Crippen molar-refractivity contribution in [1.29, 1.82) is 0 Å². The Morgan fingerprint density at radius 1 is 1.20 bits per heavy atom. The monoisotopic (exact) mass is 202 g/mol. The van der Waals surface area contributed by atoms with E-state index in [0.29, 0.717) is 0 Å². The fourth-order valence-electron chi connectivity index (χ4n) is 1.98. The Kier molecular flexibility index (Phi) is 2.07. The zero-order chi connectivity index (χ0) is 10.1. The summed E-state index contributed by atoms with van der Waals surface area (Å²) in [5.74, 6) is 0.845. The number of hydrogen-bond donors (Lipinski definition) is 2. The number of hydrogen-bond acceptors (Lipinski definition) is 3. The molecule has 2 heterocycles. The highest BCUT2D eigenvalue weighted by Gasteiger charge is 2.12. The average Bonchev–Trinajstić information content (AvgIpc) is 2.86. The van der Waals surface area contributed by atoms with Crippen LogP contribution in [0.25, 0.3) is 11.0 Å². The smallest absolute Gasteiger partial charge is 0.216 e. The van der Waals surface area contributed by atoms with Crippen LogP contribution >= 0.6 is 0 Å². The lowest BCUT2D eigenvalue weighted by atomic mass is 10.3. The van der Waals surface area contributed by atoms with Crippen LogP contribution in [0.1, 0.15) is 12.8 Å². The van der Waals surface area contributed by atoms with Crippen molar-refractivity contribution in [1.82, 2.24) is 15.0 Å². The average molecular weight is 202 g/mol. The van der Waals surface area contributed by atoms with Crippen LogP contribution in [0, 0.1) is 0 Å². The molecule has 4 heteroatoms. The third-order valence-electron chi connectivity index (χ3n) is 2.76. The van der Waals surface area contributed by atoms with Crippen molar-refractivity contribution in [2.45, 2.75) is 12.8 Å². The van der Waals surface area contributed by atoms with Gasteiger partial charge in [-0.2, -0.15) is 0 Å². The molecule has 1 saturated heterocycles. The Labute approximate surface area is 88.3 Å². The van der Waals surface area contributed by atoms with E-state index in [4.69, 9.17) is 0 Å². The standard InChI is InChI=1S/C11H14N4/c1-2-6-10-9(5-1)12-11(13-10)14-15-7-3-4-8-15/h1-2,5-6H,3-4,7-8H2,(H2,12,13,14). The SMILES string of the molecule is c1ccc2[nH]c(NN3CCCC3)nc2c1. The van der Waals surface area contributed by atoms with Gasteiger partial charge in [-0.15, -0.1) is 0 Å². The molecule has 4 nitrogen and oxygen atoms in total.